The Hall–Kier alpha value is -0.860. The zero-order chi connectivity index (χ0) is 15.5. The molecule has 0 saturated carbocycles. The summed E-state index contributed by atoms with van der Waals surface area (Å²) in [7, 11) is 0. The normalized spacial score (nSPS) is 20.5. The lowest BCUT2D eigenvalue weighted by Gasteiger charge is -2.22. The quantitative estimate of drug-likeness (QED) is 0.731. The van der Waals surface area contributed by atoms with E-state index < -0.39 is 6.10 Å². The van der Waals surface area contributed by atoms with Crippen molar-refractivity contribution in [2.45, 2.75) is 12.1 Å². The molecule has 6 nitrogen and oxygen atoms in total. The van der Waals surface area contributed by atoms with Crippen LogP contribution in [0.1, 0.15) is 11.7 Å². The van der Waals surface area contributed by atoms with Crippen LogP contribution in [0.15, 0.2) is 12.1 Å². The zero-order valence-electron chi connectivity index (χ0n) is 12.2. The minimum atomic E-state index is -0.855. The van der Waals surface area contributed by atoms with Gasteiger partial charge in [-0.05, 0) is 17.7 Å². The summed E-state index contributed by atoms with van der Waals surface area (Å²) < 4.78 is 10.9. The Morgan fingerprint density at radius 2 is 2.26 bits per heavy atom. The SMILES string of the molecule is Cl.O=C(NCC(O)c1cc(Cl)c2c(c1)OCCO2)C1CSCN1. The minimum absolute atomic E-state index is 0. The Bertz CT molecular complexity index is 570. The molecule has 1 fully saturated rings. The second kappa shape index (κ2) is 8.30. The summed E-state index contributed by atoms with van der Waals surface area (Å²) in [4.78, 5) is 11.9. The highest BCUT2D eigenvalue weighted by Crippen LogP contribution is 2.39. The van der Waals surface area contributed by atoms with Gasteiger partial charge in [0.25, 0.3) is 0 Å². The van der Waals surface area contributed by atoms with Crippen LogP contribution in [-0.4, -0.2) is 48.4 Å². The van der Waals surface area contributed by atoms with Crippen LogP contribution >= 0.6 is 35.8 Å². The van der Waals surface area contributed by atoms with E-state index in [2.05, 4.69) is 10.6 Å². The predicted octanol–water partition coefficient (Wildman–Crippen LogP) is 1.35. The number of amides is 1. The summed E-state index contributed by atoms with van der Waals surface area (Å²) in [6.45, 7) is 1.03. The fourth-order valence-corrected chi connectivity index (χ4v) is 3.54. The van der Waals surface area contributed by atoms with Crippen LogP contribution in [-0.2, 0) is 4.79 Å². The Balaban J connectivity index is 0.00000192. The fourth-order valence-electron chi connectivity index (χ4n) is 2.33. The van der Waals surface area contributed by atoms with Crippen LogP contribution in [0.3, 0.4) is 0 Å². The molecule has 9 heteroatoms. The molecule has 2 unspecified atom stereocenters. The van der Waals surface area contributed by atoms with Crippen molar-refractivity contribution in [2.75, 3.05) is 31.4 Å². The topological polar surface area (TPSA) is 79.8 Å². The fraction of sp³-hybridized carbons (Fsp3) is 0.500. The first kappa shape index (κ1) is 18.5. The number of hydrogen-bond donors (Lipinski definition) is 3. The van der Waals surface area contributed by atoms with Crippen molar-refractivity contribution in [3.8, 4) is 11.5 Å². The van der Waals surface area contributed by atoms with Crippen LogP contribution in [0.2, 0.25) is 5.02 Å². The second-order valence-electron chi connectivity index (χ2n) is 5.06. The molecule has 2 atom stereocenters. The highest BCUT2D eigenvalue weighted by atomic mass is 35.5. The number of ether oxygens (including phenoxy) is 2. The van der Waals surface area contributed by atoms with Gasteiger partial charge in [-0.3, -0.25) is 10.1 Å². The lowest BCUT2D eigenvalue weighted by atomic mass is 10.1. The van der Waals surface area contributed by atoms with Gasteiger partial charge in [0.2, 0.25) is 5.91 Å². The largest absolute Gasteiger partial charge is 0.486 e. The monoisotopic (exact) mass is 380 g/mol. The molecular weight excluding hydrogens is 363 g/mol. The van der Waals surface area contributed by atoms with E-state index in [0.717, 1.165) is 11.6 Å². The molecule has 1 amide bonds. The van der Waals surface area contributed by atoms with Gasteiger partial charge in [-0.2, -0.15) is 0 Å². The van der Waals surface area contributed by atoms with Gasteiger partial charge in [-0.1, -0.05) is 11.6 Å². The van der Waals surface area contributed by atoms with E-state index in [-0.39, 0.29) is 30.9 Å². The maximum Gasteiger partial charge on any atom is 0.238 e. The molecule has 3 N–H and O–H groups in total. The molecule has 0 aromatic heterocycles. The van der Waals surface area contributed by atoms with Gasteiger partial charge in [0, 0.05) is 18.2 Å². The Kier molecular flexibility index (Phi) is 6.67. The van der Waals surface area contributed by atoms with Gasteiger partial charge in [-0.15, -0.1) is 24.2 Å². The standard InChI is InChI=1S/C14H17ClN2O4S.ClH/c15-9-3-8(4-12-13(9)21-2-1-20-12)11(18)5-16-14(19)10-6-22-7-17-10;/h3-4,10-11,17-18H,1-2,5-7H2,(H,16,19);1H. The number of carbonyl (C=O) groups is 1. The molecule has 128 valence electrons. The number of halogens is 2. The van der Waals surface area contributed by atoms with Gasteiger partial charge in [-0.25, -0.2) is 0 Å². The zero-order valence-corrected chi connectivity index (χ0v) is 14.6. The number of benzene rings is 1. The van der Waals surface area contributed by atoms with E-state index in [9.17, 15) is 9.90 Å². The maximum atomic E-state index is 11.9. The van der Waals surface area contributed by atoms with Gasteiger partial charge in [0.1, 0.15) is 13.2 Å². The van der Waals surface area contributed by atoms with Gasteiger partial charge in [0.05, 0.1) is 17.2 Å². The summed E-state index contributed by atoms with van der Waals surface area (Å²) in [5.41, 5.74) is 0.586. The third kappa shape index (κ3) is 4.36. The third-order valence-electron chi connectivity index (χ3n) is 3.51. The lowest BCUT2D eigenvalue weighted by Crippen LogP contribution is -2.43. The van der Waals surface area contributed by atoms with Crippen LogP contribution in [0, 0.1) is 0 Å². The van der Waals surface area contributed by atoms with E-state index in [1.54, 1.807) is 23.9 Å². The molecule has 1 saturated heterocycles. The average molecular weight is 381 g/mol. The minimum Gasteiger partial charge on any atom is -0.486 e. The van der Waals surface area contributed by atoms with Crippen molar-refractivity contribution in [3.05, 3.63) is 22.7 Å². The molecule has 1 aromatic carbocycles. The first-order valence-electron chi connectivity index (χ1n) is 7.01. The van der Waals surface area contributed by atoms with Crippen molar-refractivity contribution in [2.24, 2.45) is 0 Å². The van der Waals surface area contributed by atoms with Gasteiger partial charge in [0.15, 0.2) is 11.5 Å². The van der Waals surface area contributed by atoms with Gasteiger partial charge >= 0.3 is 0 Å². The maximum absolute atomic E-state index is 11.9. The van der Waals surface area contributed by atoms with Crippen molar-refractivity contribution in [3.63, 3.8) is 0 Å². The van der Waals surface area contributed by atoms with Crippen LogP contribution in [0.25, 0.3) is 0 Å². The Morgan fingerprint density at radius 3 is 3.00 bits per heavy atom. The number of fused-ring (bicyclic) bond motifs is 1. The number of carbonyl (C=O) groups excluding carboxylic acids is 1. The number of nitrogens with one attached hydrogen (secondary N) is 2. The number of aliphatic hydroxyl groups is 1. The van der Waals surface area contributed by atoms with Crippen LogP contribution in [0.4, 0.5) is 0 Å². The number of rotatable bonds is 4. The van der Waals surface area contributed by atoms with Crippen molar-refractivity contribution in [1.82, 2.24) is 10.6 Å². The molecule has 0 aliphatic carbocycles. The molecule has 0 bridgehead atoms. The Morgan fingerprint density at radius 1 is 1.48 bits per heavy atom. The molecule has 3 rings (SSSR count). The number of aliphatic hydroxyl groups excluding tert-OH is 1. The summed E-state index contributed by atoms with van der Waals surface area (Å²) in [5, 5.41) is 16.5. The molecule has 1 aromatic rings. The first-order chi connectivity index (χ1) is 10.6. The molecular formula is C14H18Cl2N2O4S. The highest BCUT2D eigenvalue weighted by Gasteiger charge is 2.24. The Labute approximate surface area is 149 Å². The van der Waals surface area contributed by atoms with E-state index >= 15 is 0 Å². The molecule has 2 aliphatic heterocycles. The van der Waals surface area contributed by atoms with Crippen molar-refractivity contribution in [1.29, 1.82) is 0 Å². The van der Waals surface area contributed by atoms with E-state index in [0.29, 0.717) is 35.3 Å². The number of thioether (sulfide) groups is 1. The highest BCUT2D eigenvalue weighted by molar-refractivity contribution is 7.99. The second-order valence-corrected chi connectivity index (χ2v) is 6.50. The predicted molar refractivity (Wildman–Crippen MR) is 91.9 cm³/mol. The summed E-state index contributed by atoms with van der Waals surface area (Å²) in [6.07, 6.45) is -0.855. The molecule has 23 heavy (non-hydrogen) atoms. The van der Waals surface area contributed by atoms with E-state index in [1.807, 2.05) is 0 Å². The molecule has 0 spiro atoms. The van der Waals surface area contributed by atoms with E-state index in [4.69, 9.17) is 21.1 Å². The number of hydrogen-bond acceptors (Lipinski definition) is 6. The lowest BCUT2D eigenvalue weighted by molar-refractivity contribution is -0.122. The van der Waals surface area contributed by atoms with E-state index in [1.165, 1.54) is 0 Å². The van der Waals surface area contributed by atoms with Crippen LogP contribution < -0.4 is 20.1 Å². The average Bonchev–Trinajstić information content (AvgIpc) is 3.06. The summed E-state index contributed by atoms with van der Waals surface area (Å²) >= 11 is 7.82. The smallest absolute Gasteiger partial charge is 0.238 e. The summed E-state index contributed by atoms with van der Waals surface area (Å²) in [6, 6.07) is 3.14. The van der Waals surface area contributed by atoms with Gasteiger partial charge < -0.3 is 19.9 Å². The third-order valence-corrected chi connectivity index (χ3v) is 4.73. The van der Waals surface area contributed by atoms with Crippen molar-refractivity contribution >= 4 is 41.7 Å². The van der Waals surface area contributed by atoms with Crippen LogP contribution in [0.5, 0.6) is 11.5 Å². The molecule has 2 aliphatic rings. The van der Waals surface area contributed by atoms with Crippen molar-refractivity contribution < 1.29 is 19.4 Å². The molecule has 2 heterocycles. The summed E-state index contributed by atoms with van der Waals surface area (Å²) in [5.74, 6) is 2.44. The first-order valence-corrected chi connectivity index (χ1v) is 8.54. The molecule has 0 radical (unpaired) electrons.